The fraction of sp³-hybridized carbons (Fsp3) is 0.290. The summed E-state index contributed by atoms with van der Waals surface area (Å²) in [6.07, 6.45) is -1.83. The monoisotopic (exact) mass is 678 g/mol. The number of esters is 1. The van der Waals surface area contributed by atoms with Crippen molar-refractivity contribution in [1.82, 2.24) is 15.2 Å². The number of pyridine rings is 1. The topological polar surface area (TPSA) is 141 Å². The summed E-state index contributed by atoms with van der Waals surface area (Å²) < 4.78 is 43.3. The van der Waals surface area contributed by atoms with Gasteiger partial charge in [0, 0.05) is 37.5 Å². The van der Waals surface area contributed by atoms with Crippen LogP contribution in [0.1, 0.15) is 41.7 Å². The van der Waals surface area contributed by atoms with Crippen molar-refractivity contribution in [2.45, 2.75) is 33.2 Å². The molecule has 0 saturated heterocycles. The molecule has 0 aliphatic heterocycles. The van der Waals surface area contributed by atoms with Gasteiger partial charge < -0.3 is 24.6 Å². The van der Waals surface area contributed by atoms with E-state index in [-0.39, 0.29) is 23.6 Å². The minimum Gasteiger partial charge on any atom is -0.464 e. The van der Waals surface area contributed by atoms with Gasteiger partial charge >= 0.3 is 12.1 Å². The lowest BCUT2D eigenvalue weighted by molar-refractivity contribution is -0.404. The molecule has 0 saturated carbocycles. The summed E-state index contributed by atoms with van der Waals surface area (Å²) in [6, 6.07) is 15.1. The zero-order valence-electron chi connectivity index (χ0n) is 26.2. The Labute approximate surface area is 274 Å². The third kappa shape index (κ3) is 12.3. The van der Waals surface area contributed by atoms with Crippen LogP contribution < -0.4 is 5.32 Å². The van der Waals surface area contributed by atoms with Gasteiger partial charge in [0.15, 0.2) is 11.5 Å². The van der Waals surface area contributed by atoms with Gasteiger partial charge in [-0.2, -0.15) is 13.2 Å². The molecule has 2 aromatic carbocycles. The fourth-order valence-electron chi connectivity index (χ4n) is 3.93. The molecule has 1 N–H and O–H groups in total. The zero-order valence-corrected chi connectivity index (χ0v) is 27.0. The Balaban J connectivity index is 0.000000366. The predicted octanol–water partition coefficient (Wildman–Crippen LogP) is 6.02. The number of nitrogens with one attached hydrogen (secondary N) is 1. The molecule has 0 radical (unpaired) electrons. The minimum atomic E-state index is -4.44. The van der Waals surface area contributed by atoms with Crippen LogP contribution in [0.3, 0.4) is 0 Å². The number of ether oxygens (including phenoxy) is 1. The van der Waals surface area contributed by atoms with E-state index in [1.807, 2.05) is 17.9 Å². The molecule has 0 fully saturated rings. The molecule has 0 unspecified atom stereocenters. The number of benzene rings is 2. The number of nitrogens with zero attached hydrogens (tertiary/aromatic N) is 5. The molecule has 252 valence electrons. The Morgan fingerprint density at radius 3 is 2.43 bits per heavy atom. The van der Waals surface area contributed by atoms with E-state index < -0.39 is 22.6 Å². The standard InChI is InChI=1S/C20H19F3N2O4.C11H15ClN4O2/c1-13(14-8-6-9-16(11-14)20(21,22)23)24-29-12-15-7-4-5-10-17(15)18(25-28-3)19(26)27-2;1-3-15(11(13-2)8-16(17)18)7-9-4-5-10(12)14-6-9/h4-11H,12H2,1-3H3;4-6,8,13H,3,7H2,1-2H3/b24-13+,25-18+;11-8+. The number of carbonyl (C=O) groups is 1. The van der Waals surface area contributed by atoms with E-state index in [2.05, 4.69) is 20.6 Å². The largest absolute Gasteiger partial charge is 0.464 e. The number of nitro groups is 1. The Hall–Kier alpha value is -5.18. The normalized spacial score (nSPS) is 12.0. The van der Waals surface area contributed by atoms with Crippen molar-refractivity contribution in [2.24, 2.45) is 10.3 Å². The zero-order chi connectivity index (χ0) is 35.0. The molecule has 3 aromatic rings. The molecule has 16 heteroatoms. The van der Waals surface area contributed by atoms with E-state index in [0.717, 1.165) is 23.9 Å². The lowest BCUT2D eigenvalue weighted by Crippen LogP contribution is -2.30. The van der Waals surface area contributed by atoms with Gasteiger partial charge in [0.05, 0.1) is 23.3 Å². The molecule has 0 amide bonds. The number of alkyl halides is 3. The van der Waals surface area contributed by atoms with E-state index in [0.29, 0.717) is 35.2 Å². The molecule has 0 atom stereocenters. The van der Waals surface area contributed by atoms with Crippen LogP contribution >= 0.6 is 11.6 Å². The Morgan fingerprint density at radius 1 is 1.13 bits per heavy atom. The second-order valence-corrected chi connectivity index (χ2v) is 9.74. The molecule has 0 aliphatic carbocycles. The van der Waals surface area contributed by atoms with Gasteiger partial charge in [-0.05, 0) is 43.2 Å². The molecule has 1 heterocycles. The quantitative estimate of drug-likeness (QED) is 0.0755. The molecular formula is C31H34ClF3N6O6. The van der Waals surface area contributed by atoms with Gasteiger partial charge in [-0.3, -0.25) is 10.1 Å². The van der Waals surface area contributed by atoms with Crippen LogP contribution in [0.5, 0.6) is 0 Å². The maximum Gasteiger partial charge on any atom is 0.416 e. The van der Waals surface area contributed by atoms with Crippen LogP contribution in [-0.4, -0.2) is 60.0 Å². The van der Waals surface area contributed by atoms with Gasteiger partial charge in [-0.1, -0.05) is 64.4 Å². The third-order valence-corrected chi connectivity index (χ3v) is 6.45. The Morgan fingerprint density at radius 2 is 1.85 bits per heavy atom. The highest BCUT2D eigenvalue weighted by Crippen LogP contribution is 2.29. The summed E-state index contributed by atoms with van der Waals surface area (Å²) in [5.41, 5.74) is 1.66. The highest BCUT2D eigenvalue weighted by Gasteiger charge is 2.30. The molecule has 3 rings (SSSR count). The summed E-state index contributed by atoms with van der Waals surface area (Å²) in [5.74, 6) is -0.236. The molecule has 0 bridgehead atoms. The van der Waals surface area contributed by atoms with E-state index in [1.165, 1.54) is 33.3 Å². The van der Waals surface area contributed by atoms with Crippen molar-refractivity contribution in [3.05, 3.63) is 122 Å². The first-order chi connectivity index (χ1) is 22.3. The second kappa shape index (κ2) is 18.7. The van der Waals surface area contributed by atoms with Crippen LogP contribution in [0.4, 0.5) is 13.2 Å². The average Bonchev–Trinajstić information content (AvgIpc) is 3.05. The van der Waals surface area contributed by atoms with Crippen molar-refractivity contribution in [3.63, 3.8) is 0 Å². The van der Waals surface area contributed by atoms with Crippen molar-refractivity contribution in [1.29, 1.82) is 0 Å². The van der Waals surface area contributed by atoms with Crippen LogP contribution in [0, 0.1) is 10.1 Å². The molecule has 0 aliphatic rings. The number of oxime groups is 2. The number of methoxy groups -OCH3 is 1. The number of aromatic nitrogens is 1. The van der Waals surface area contributed by atoms with E-state index in [4.69, 9.17) is 26.0 Å². The summed E-state index contributed by atoms with van der Waals surface area (Å²) in [5, 5.41) is 21.3. The Bertz CT molecular complexity index is 1580. The average molecular weight is 679 g/mol. The van der Waals surface area contributed by atoms with Crippen LogP contribution in [0.2, 0.25) is 5.15 Å². The van der Waals surface area contributed by atoms with Crippen LogP contribution in [0.15, 0.2) is 89.2 Å². The Kier molecular flexibility index (Phi) is 15.1. The van der Waals surface area contributed by atoms with Crippen molar-refractivity contribution in [3.8, 4) is 0 Å². The number of carbonyl (C=O) groups excluding carboxylic acids is 1. The van der Waals surface area contributed by atoms with E-state index in [9.17, 15) is 28.1 Å². The molecular weight excluding hydrogens is 645 g/mol. The summed E-state index contributed by atoms with van der Waals surface area (Å²) in [4.78, 5) is 37.8. The van der Waals surface area contributed by atoms with Gasteiger partial charge in [-0.15, -0.1) is 0 Å². The van der Waals surface area contributed by atoms with Gasteiger partial charge in [0.1, 0.15) is 18.9 Å². The van der Waals surface area contributed by atoms with Crippen molar-refractivity contribution in [2.75, 3.05) is 27.8 Å². The lowest BCUT2D eigenvalue weighted by atomic mass is 10.0. The van der Waals surface area contributed by atoms with Gasteiger partial charge in [0.2, 0.25) is 0 Å². The number of halogens is 4. The molecule has 0 spiro atoms. The maximum absolute atomic E-state index is 12.9. The summed E-state index contributed by atoms with van der Waals surface area (Å²) in [7, 11) is 4.16. The van der Waals surface area contributed by atoms with E-state index in [1.54, 1.807) is 43.6 Å². The summed E-state index contributed by atoms with van der Waals surface area (Å²) >= 11 is 5.70. The second-order valence-electron chi connectivity index (χ2n) is 9.35. The van der Waals surface area contributed by atoms with Gasteiger partial charge in [-0.25, -0.2) is 9.78 Å². The van der Waals surface area contributed by atoms with Crippen molar-refractivity contribution < 1.29 is 37.3 Å². The smallest absolute Gasteiger partial charge is 0.416 e. The van der Waals surface area contributed by atoms with E-state index >= 15 is 0 Å². The van der Waals surface area contributed by atoms with Crippen LogP contribution in [-0.2, 0) is 38.5 Å². The highest BCUT2D eigenvalue weighted by atomic mass is 35.5. The SMILES string of the molecule is CCN(Cc1ccc(Cl)nc1)/C(=C/[N+](=O)[O-])NC.CO/N=C(/C(=O)OC)c1ccccc1CO/N=C(\C)c1cccc(C(F)(F)F)c1. The lowest BCUT2D eigenvalue weighted by Gasteiger charge is -2.23. The molecule has 12 nitrogen and oxygen atoms in total. The first-order valence-corrected chi connectivity index (χ1v) is 14.2. The number of hydrogen-bond acceptors (Lipinski definition) is 11. The first kappa shape index (κ1) is 38.0. The predicted molar refractivity (Wildman–Crippen MR) is 170 cm³/mol. The summed E-state index contributed by atoms with van der Waals surface area (Å²) in [6.45, 7) is 4.58. The third-order valence-electron chi connectivity index (χ3n) is 6.23. The molecule has 1 aromatic heterocycles. The molecule has 47 heavy (non-hydrogen) atoms. The first-order valence-electron chi connectivity index (χ1n) is 13.8. The van der Waals surface area contributed by atoms with Crippen LogP contribution in [0.25, 0.3) is 0 Å². The fourth-order valence-corrected chi connectivity index (χ4v) is 4.04. The minimum absolute atomic E-state index is 0.0484. The number of hydrogen-bond donors (Lipinski definition) is 1. The van der Waals surface area contributed by atoms with Crippen molar-refractivity contribution >= 4 is 29.0 Å². The van der Waals surface area contributed by atoms with Gasteiger partial charge in [0.25, 0.3) is 6.20 Å². The maximum atomic E-state index is 12.9. The number of rotatable bonds is 13. The highest BCUT2D eigenvalue weighted by molar-refractivity contribution is 6.43.